The van der Waals surface area contributed by atoms with Crippen molar-refractivity contribution in [1.29, 1.82) is 0 Å². The van der Waals surface area contributed by atoms with Gasteiger partial charge in [0.15, 0.2) is 11.7 Å². The summed E-state index contributed by atoms with van der Waals surface area (Å²) in [5, 5.41) is 9.64. The molecule has 8 nitrogen and oxygen atoms in total. The number of aliphatic hydroxyl groups excluding tert-OH is 1. The van der Waals surface area contributed by atoms with Gasteiger partial charge in [-0.25, -0.2) is 4.79 Å². The van der Waals surface area contributed by atoms with Crippen molar-refractivity contribution in [3.05, 3.63) is 25.0 Å². The molecule has 120 valence electrons. The van der Waals surface area contributed by atoms with Crippen LogP contribution in [0.2, 0.25) is 0 Å². The van der Waals surface area contributed by atoms with Crippen molar-refractivity contribution in [3.8, 4) is 0 Å². The second kappa shape index (κ2) is 7.79. The molecule has 0 aromatic carbocycles. The van der Waals surface area contributed by atoms with Crippen LogP contribution < -0.4 is 5.32 Å². The zero-order valence-corrected chi connectivity index (χ0v) is 12.8. The Balaban J connectivity index is 5.07. The van der Waals surface area contributed by atoms with Crippen LogP contribution in [0.15, 0.2) is 25.0 Å². The molecule has 0 rings (SSSR count). The Bertz CT molecular complexity index is 522. The largest absolute Gasteiger partial charge is 0.430 e. The lowest BCUT2D eigenvalue weighted by molar-refractivity contribution is -0.162. The first-order chi connectivity index (χ1) is 9.51. The number of hydrogen-bond donors (Lipinski definition) is 2. The van der Waals surface area contributed by atoms with Gasteiger partial charge < -0.3 is 19.3 Å². The maximum absolute atomic E-state index is 12.0. The number of aliphatic hydroxyl groups is 1. The van der Waals surface area contributed by atoms with E-state index in [0.717, 1.165) is 13.0 Å². The molecule has 0 aromatic heterocycles. The summed E-state index contributed by atoms with van der Waals surface area (Å²) in [6, 6.07) is 0. The number of hydrogen-bond acceptors (Lipinski definition) is 7. The van der Waals surface area contributed by atoms with E-state index in [9.17, 15) is 18.0 Å². The molecule has 0 aliphatic heterocycles. The minimum Gasteiger partial charge on any atom is -0.430 e. The first-order valence-corrected chi connectivity index (χ1v) is 7.42. The van der Waals surface area contributed by atoms with Crippen LogP contribution in [0.5, 0.6) is 0 Å². The summed E-state index contributed by atoms with van der Waals surface area (Å²) in [5.41, 5.74) is 0. The fourth-order valence-corrected chi connectivity index (χ4v) is 2.60. The third kappa shape index (κ3) is 6.41. The van der Waals surface area contributed by atoms with Crippen LogP contribution in [0.1, 0.15) is 20.8 Å². The fraction of sp³-hybridized carbons (Fsp3) is 0.500. The normalized spacial score (nSPS) is 14.0. The molecule has 0 bridgehead atoms. The smallest absolute Gasteiger partial charge is 0.377 e. The molecule has 0 fully saturated rings. The lowest BCUT2D eigenvalue weighted by atomic mass is 10.2. The lowest BCUT2D eigenvalue weighted by Crippen LogP contribution is -2.44. The molecule has 0 spiro atoms. The quantitative estimate of drug-likeness (QED) is 0.212. The highest BCUT2D eigenvalue weighted by molar-refractivity contribution is 7.87. The summed E-state index contributed by atoms with van der Waals surface area (Å²) in [5.74, 6) is -3.31. The highest BCUT2D eigenvalue weighted by atomic mass is 32.2. The van der Waals surface area contributed by atoms with Gasteiger partial charge in [0, 0.05) is 0 Å². The summed E-state index contributed by atoms with van der Waals surface area (Å²) in [4.78, 5) is 22.6. The van der Waals surface area contributed by atoms with Gasteiger partial charge in [0.2, 0.25) is 11.7 Å². The predicted octanol–water partition coefficient (Wildman–Crippen LogP) is 0.0123. The summed E-state index contributed by atoms with van der Waals surface area (Å²) in [6.07, 6.45) is -0.538. The molecule has 21 heavy (non-hydrogen) atoms. The Hall–Kier alpha value is -1.87. The van der Waals surface area contributed by atoms with Crippen LogP contribution in [0.25, 0.3) is 0 Å². The van der Waals surface area contributed by atoms with Crippen LogP contribution in [0.3, 0.4) is 0 Å². The van der Waals surface area contributed by atoms with Gasteiger partial charge in [-0.2, -0.15) is 8.42 Å². The van der Waals surface area contributed by atoms with Crippen molar-refractivity contribution in [1.82, 2.24) is 5.32 Å². The summed E-state index contributed by atoms with van der Waals surface area (Å²) in [7, 11) is -4.37. The molecule has 1 amide bonds. The first-order valence-electron chi connectivity index (χ1n) is 5.95. The van der Waals surface area contributed by atoms with Crippen LogP contribution in [0.4, 0.5) is 0 Å². The van der Waals surface area contributed by atoms with E-state index in [2.05, 4.69) is 27.4 Å². The number of nitrogens with one attached hydrogen (secondary N) is 1. The molecule has 0 aromatic rings. The third-order valence-electron chi connectivity index (χ3n) is 2.11. The zero-order valence-electron chi connectivity index (χ0n) is 12.0. The second-order valence-electron chi connectivity index (χ2n) is 4.38. The van der Waals surface area contributed by atoms with Crippen LogP contribution in [0, 0.1) is 5.92 Å². The van der Waals surface area contributed by atoms with Crippen LogP contribution >= 0.6 is 0 Å². The molecule has 2 N–H and O–H groups in total. The average Bonchev–Trinajstić information content (AvgIpc) is 2.33. The predicted molar refractivity (Wildman–Crippen MR) is 73.9 cm³/mol. The van der Waals surface area contributed by atoms with Gasteiger partial charge in [0.25, 0.3) is 0 Å². The number of esters is 1. The average molecular weight is 321 g/mol. The van der Waals surface area contributed by atoms with E-state index >= 15 is 0 Å². The van der Waals surface area contributed by atoms with Gasteiger partial charge >= 0.3 is 16.1 Å². The van der Waals surface area contributed by atoms with Crippen molar-refractivity contribution in [2.24, 2.45) is 5.92 Å². The lowest BCUT2D eigenvalue weighted by Gasteiger charge is -2.21. The molecule has 0 saturated heterocycles. The molecular weight excluding hydrogens is 302 g/mol. The molecule has 0 heterocycles. The standard InChI is InChI=1S/C12H19NO7S/c1-6-10(15)13-11(7(2)3)21(17,18)20-8(4)12(16)19-9(5)14/h6-7,9,11,14H,1,4H2,2-3,5H3,(H,13,15). The van der Waals surface area contributed by atoms with Gasteiger partial charge in [0.05, 0.1) is 0 Å². The number of ether oxygens (including phenoxy) is 1. The summed E-state index contributed by atoms with van der Waals surface area (Å²) >= 11 is 0. The molecule has 0 aliphatic carbocycles. The minimum atomic E-state index is -4.37. The monoisotopic (exact) mass is 321 g/mol. The van der Waals surface area contributed by atoms with E-state index in [1.54, 1.807) is 0 Å². The van der Waals surface area contributed by atoms with E-state index in [4.69, 9.17) is 5.11 Å². The van der Waals surface area contributed by atoms with E-state index in [-0.39, 0.29) is 0 Å². The first kappa shape index (κ1) is 19.1. The van der Waals surface area contributed by atoms with Crippen molar-refractivity contribution < 1.29 is 32.0 Å². The Morgan fingerprint density at radius 3 is 2.19 bits per heavy atom. The van der Waals surface area contributed by atoms with Gasteiger partial charge in [-0.05, 0) is 25.5 Å². The Morgan fingerprint density at radius 1 is 1.29 bits per heavy atom. The second-order valence-corrected chi connectivity index (χ2v) is 6.04. The number of amides is 1. The molecule has 2 atom stereocenters. The van der Waals surface area contributed by atoms with Crippen LogP contribution in [-0.4, -0.2) is 37.1 Å². The topological polar surface area (TPSA) is 119 Å². The molecule has 0 aliphatic rings. The maximum atomic E-state index is 12.0. The summed E-state index contributed by atoms with van der Waals surface area (Å²) < 4.78 is 32.9. The van der Waals surface area contributed by atoms with E-state index < -0.39 is 45.3 Å². The van der Waals surface area contributed by atoms with Crippen molar-refractivity contribution in [2.75, 3.05) is 0 Å². The maximum Gasteiger partial charge on any atom is 0.377 e. The fourth-order valence-electron chi connectivity index (χ4n) is 1.22. The van der Waals surface area contributed by atoms with E-state index in [1.165, 1.54) is 13.8 Å². The SMILES string of the molecule is C=CC(=O)NC(C(C)C)S(=O)(=O)OC(=C)C(=O)OC(C)O. The highest BCUT2D eigenvalue weighted by Crippen LogP contribution is 2.15. The summed E-state index contributed by atoms with van der Waals surface area (Å²) in [6.45, 7) is 10.5. The Kier molecular flexibility index (Phi) is 7.10. The van der Waals surface area contributed by atoms with Gasteiger partial charge in [-0.15, -0.1) is 0 Å². The molecule has 2 unspecified atom stereocenters. The number of carbonyl (C=O) groups excluding carboxylic acids is 2. The number of carbonyl (C=O) groups is 2. The molecule has 0 radical (unpaired) electrons. The number of rotatable bonds is 8. The van der Waals surface area contributed by atoms with Crippen molar-refractivity contribution in [3.63, 3.8) is 0 Å². The minimum absolute atomic E-state index is 0.542. The third-order valence-corrected chi connectivity index (χ3v) is 3.83. The van der Waals surface area contributed by atoms with Gasteiger partial charge in [-0.3, -0.25) is 4.79 Å². The van der Waals surface area contributed by atoms with Crippen LogP contribution in [-0.2, 0) is 28.6 Å². The van der Waals surface area contributed by atoms with E-state index in [0.29, 0.717) is 0 Å². The molecule has 9 heteroatoms. The van der Waals surface area contributed by atoms with Crippen molar-refractivity contribution >= 4 is 22.0 Å². The zero-order chi connectivity index (χ0) is 16.8. The highest BCUT2D eigenvalue weighted by Gasteiger charge is 2.33. The Labute approximate surface area is 123 Å². The van der Waals surface area contributed by atoms with Gasteiger partial charge in [0.1, 0.15) is 0 Å². The van der Waals surface area contributed by atoms with E-state index in [1.807, 2.05) is 0 Å². The molecule has 0 saturated carbocycles. The van der Waals surface area contributed by atoms with Crippen molar-refractivity contribution in [2.45, 2.75) is 32.4 Å². The van der Waals surface area contributed by atoms with Gasteiger partial charge in [-0.1, -0.05) is 20.4 Å². The Morgan fingerprint density at radius 2 is 1.81 bits per heavy atom. The molecular formula is C12H19NO7S.